The predicted octanol–water partition coefficient (Wildman–Crippen LogP) is -2.88. The molecule has 0 radical (unpaired) electrons. The Morgan fingerprint density at radius 3 is 2.57 bits per heavy atom. The molecule has 0 spiro atoms. The third-order valence-electron chi connectivity index (χ3n) is 2.58. The van der Waals surface area contributed by atoms with Gasteiger partial charge >= 0.3 is 0 Å². The number of nitrogens with two attached hydrogens (primary N) is 1. The van der Waals surface area contributed by atoms with Gasteiger partial charge in [0.05, 0.1) is 12.2 Å². The van der Waals surface area contributed by atoms with Crippen LogP contribution in [0.2, 0.25) is 0 Å². The van der Waals surface area contributed by atoms with Crippen LogP contribution >= 0.6 is 0 Å². The summed E-state index contributed by atoms with van der Waals surface area (Å²) in [7, 11) is 0. The van der Waals surface area contributed by atoms with Crippen molar-refractivity contribution in [2.24, 2.45) is 5.73 Å². The van der Waals surface area contributed by atoms with Crippen LogP contribution in [-0.4, -0.2) is 56.7 Å². The molecule has 0 unspecified atom stereocenters. The molecule has 4 atom stereocenters. The molecule has 0 amide bonds. The van der Waals surface area contributed by atoms with Gasteiger partial charge in [-0.25, -0.2) is 0 Å². The van der Waals surface area contributed by atoms with Crippen LogP contribution in [-0.2, 0) is 4.79 Å². The van der Waals surface area contributed by atoms with E-state index >= 15 is 0 Å². The van der Waals surface area contributed by atoms with Gasteiger partial charge in [0.25, 0.3) is 0 Å². The van der Waals surface area contributed by atoms with E-state index in [1.165, 1.54) is 0 Å². The van der Waals surface area contributed by atoms with Crippen LogP contribution in [0.5, 0.6) is 0 Å². The number of carbonyl (C=O) groups excluding carboxylic acids is 1. The molecule has 0 aromatic carbocycles. The molecule has 1 rings (SSSR count). The minimum atomic E-state index is -1.72. The maximum atomic E-state index is 11.1. The van der Waals surface area contributed by atoms with Crippen molar-refractivity contribution >= 4 is 5.78 Å². The fourth-order valence-corrected chi connectivity index (χ4v) is 1.64. The lowest BCUT2D eigenvalue weighted by Gasteiger charge is -2.39. The van der Waals surface area contributed by atoms with Gasteiger partial charge in [-0.2, -0.15) is 0 Å². The van der Waals surface area contributed by atoms with E-state index in [1.54, 1.807) is 0 Å². The first kappa shape index (κ1) is 11.5. The van der Waals surface area contributed by atoms with Crippen molar-refractivity contribution in [2.75, 3.05) is 6.54 Å². The van der Waals surface area contributed by atoms with Crippen LogP contribution in [0.1, 0.15) is 12.8 Å². The molecule has 6 N–H and O–H groups in total. The van der Waals surface area contributed by atoms with Crippen molar-refractivity contribution in [3.05, 3.63) is 0 Å². The molecule has 6 heteroatoms. The summed E-state index contributed by atoms with van der Waals surface area (Å²) in [5, 5.41) is 37.5. The van der Waals surface area contributed by atoms with Crippen LogP contribution in [0.3, 0.4) is 0 Å². The van der Waals surface area contributed by atoms with Crippen molar-refractivity contribution in [1.82, 2.24) is 0 Å². The average Bonchev–Trinajstić information content (AvgIpc) is 2.12. The molecule has 0 bridgehead atoms. The fraction of sp³-hybridized carbons (Fsp3) is 0.875. The number of carbonyl (C=O) groups is 1. The predicted molar refractivity (Wildman–Crippen MR) is 46.3 cm³/mol. The number of Topliss-reactive ketones (excluding diaryl/α,β-unsaturated/α-hetero) is 1. The first-order chi connectivity index (χ1) is 6.40. The Balaban J connectivity index is 2.78. The number of hydrogen-bond acceptors (Lipinski definition) is 6. The first-order valence-corrected chi connectivity index (χ1v) is 4.40. The van der Waals surface area contributed by atoms with E-state index in [4.69, 9.17) is 10.8 Å². The van der Waals surface area contributed by atoms with E-state index in [1.807, 2.05) is 0 Å². The molecular weight excluding hydrogens is 190 g/mol. The van der Waals surface area contributed by atoms with Crippen LogP contribution < -0.4 is 5.73 Å². The Hall–Kier alpha value is -0.530. The van der Waals surface area contributed by atoms with Gasteiger partial charge in [0.15, 0.2) is 5.78 Å². The van der Waals surface area contributed by atoms with Gasteiger partial charge in [0, 0.05) is 19.4 Å². The molecule has 0 saturated heterocycles. The van der Waals surface area contributed by atoms with E-state index in [0.29, 0.717) is 0 Å². The van der Waals surface area contributed by atoms with Gasteiger partial charge in [-0.15, -0.1) is 0 Å². The maximum Gasteiger partial charge on any atom is 0.166 e. The van der Waals surface area contributed by atoms with Gasteiger partial charge < -0.3 is 26.2 Å². The summed E-state index contributed by atoms with van der Waals surface area (Å²) in [5.41, 5.74) is 3.43. The Bertz CT molecular complexity index is 234. The zero-order valence-corrected chi connectivity index (χ0v) is 7.63. The third kappa shape index (κ3) is 1.94. The quantitative estimate of drug-likeness (QED) is 0.330. The minimum absolute atomic E-state index is 0.202. The maximum absolute atomic E-state index is 11.1. The van der Waals surface area contributed by atoms with E-state index in [0.717, 1.165) is 0 Å². The summed E-state index contributed by atoms with van der Waals surface area (Å²) >= 11 is 0. The smallest absolute Gasteiger partial charge is 0.166 e. The standard InChI is InChI=1S/C8H15NO5/c9-3-6(12)8(14)1-4(10)7(13)5(11)2-8/h4,6-7,10,12-14H,1-3,9H2/t4-,6+,7+,8-/m1/s1. The van der Waals surface area contributed by atoms with E-state index in [9.17, 15) is 20.1 Å². The van der Waals surface area contributed by atoms with Crippen LogP contribution in [0, 0.1) is 0 Å². The highest BCUT2D eigenvalue weighted by Gasteiger charge is 2.47. The van der Waals surface area contributed by atoms with Gasteiger partial charge in [-0.3, -0.25) is 4.79 Å². The van der Waals surface area contributed by atoms with Crippen molar-refractivity contribution in [2.45, 2.75) is 36.8 Å². The van der Waals surface area contributed by atoms with Crippen molar-refractivity contribution < 1.29 is 25.2 Å². The number of ketones is 1. The summed E-state index contributed by atoms with van der Waals surface area (Å²) in [6.45, 7) is -0.202. The molecular formula is C8H15NO5. The molecule has 1 aliphatic rings. The molecule has 1 fully saturated rings. The Labute approximate surface area is 81.0 Å². The van der Waals surface area contributed by atoms with E-state index in [2.05, 4.69) is 0 Å². The average molecular weight is 205 g/mol. The lowest BCUT2D eigenvalue weighted by Crippen LogP contribution is -2.57. The zero-order chi connectivity index (χ0) is 10.9. The Kier molecular flexibility index (Phi) is 3.23. The van der Waals surface area contributed by atoms with Gasteiger partial charge in [-0.05, 0) is 0 Å². The fourth-order valence-electron chi connectivity index (χ4n) is 1.64. The Morgan fingerprint density at radius 1 is 1.57 bits per heavy atom. The number of aliphatic hydroxyl groups excluding tert-OH is 3. The summed E-state index contributed by atoms with van der Waals surface area (Å²) in [5.74, 6) is -0.682. The largest absolute Gasteiger partial charge is 0.390 e. The van der Waals surface area contributed by atoms with Crippen molar-refractivity contribution in [1.29, 1.82) is 0 Å². The second-order valence-electron chi connectivity index (χ2n) is 3.71. The molecule has 0 aromatic heterocycles. The minimum Gasteiger partial charge on any atom is -0.390 e. The van der Waals surface area contributed by atoms with Gasteiger partial charge in [0.1, 0.15) is 11.7 Å². The molecule has 14 heavy (non-hydrogen) atoms. The molecule has 0 aromatic rings. The van der Waals surface area contributed by atoms with Crippen molar-refractivity contribution in [3.63, 3.8) is 0 Å². The van der Waals surface area contributed by atoms with E-state index in [-0.39, 0.29) is 19.4 Å². The van der Waals surface area contributed by atoms with E-state index < -0.39 is 29.7 Å². The number of hydrogen-bond donors (Lipinski definition) is 5. The van der Waals surface area contributed by atoms with Crippen LogP contribution in [0.25, 0.3) is 0 Å². The SMILES string of the molecule is NC[C@H](O)[C@]1(O)CC(=O)[C@@H](O)[C@H](O)C1. The highest BCUT2D eigenvalue weighted by molar-refractivity contribution is 5.85. The molecule has 82 valence electrons. The lowest BCUT2D eigenvalue weighted by atomic mass is 9.77. The highest BCUT2D eigenvalue weighted by atomic mass is 16.4. The van der Waals surface area contributed by atoms with Gasteiger partial charge in [-0.1, -0.05) is 0 Å². The number of aliphatic hydroxyl groups is 4. The van der Waals surface area contributed by atoms with Crippen LogP contribution in [0.15, 0.2) is 0 Å². The zero-order valence-electron chi connectivity index (χ0n) is 7.63. The molecule has 1 aliphatic carbocycles. The highest BCUT2D eigenvalue weighted by Crippen LogP contribution is 2.29. The monoisotopic (exact) mass is 205 g/mol. The molecule has 0 aliphatic heterocycles. The first-order valence-electron chi connectivity index (χ1n) is 4.40. The molecule has 1 saturated carbocycles. The second-order valence-corrected chi connectivity index (χ2v) is 3.71. The molecule has 6 nitrogen and oxygen atoms in total. The normalized spacial score (nSPS) is 41.1. The van der Waals surface area contributed by atoms with Gasteiger partial charge in [0.2, 0.25) is 0 Å². The Morgan fingerprint density at radius 2 is 2.14 bits per heavy atom. The summed E-state index contributed by atoms with van der Waals surface area (Å²) in [4.78, 5) is 11.1. The number of rotatable bonds is 2. The molecule has 0 heterocycles. The summed E-state index contributed by atoms with van der Waals surface area (Å²) in [6.07, 6.45) is -4.72. The summed E-state index contributed by atoms with van der Waals surface area (Å²) in [6, 6.07) is 0. The second kappa shape index (κ2) is 3.92. The van der Waals surface area contributed by atoms with Crippen LogP contribution in [0.4, 0.5) is 0 Å². The van der Waals surface area contributed by atoms with Crippen molar-refractivity contribution in [3.8, 4) is 0 Å². The lowest BCUT2D eigenvalue weighted by molar-refractivity contribution is -0.167. The third-order valence-corrected chi connectivity index (χ3v) is 2.58. The summed E-state index contributed by atoms with van der Waals surface area (Å²) < 4.78 is 0. The topological polar surface area (TPSA) is 124 Å².